The molecule has 0 radical (unpaired) electrons. The Morgan fingerprint density at radius 1 is 1.33 bits per heavy atom. The molecule has 21 heavy (non-hydrogen) atoms. The Labute approximate surface area is 129 Å². The average Bonchev–Trinajstić information content (AvgIpc) is 2.91. The van der Waals surface area contributed by atoms with Crippen LogP contribution in [0, 0.1) is 6.92 Å². The van der Waals surface area contributed by atoms with Gasteiger partial charge in [-0.1, -0.05) is 18.2 Å². The Morgan fingerprint density at radius 2 is 2.10 bits per heavy atom. The van der Waals surface area contributed by atoms with Gasteiger partial charge < -0.3 is 9.64 Å². The normalized spacial score (nSPS) is 10.4. The highest BCUT2D eigenvalue weighted by Gasteiger charge is 2.10. The summed E-state index contributed by atoms with van der Waals surface area (Å²) >= 11 is 1.64. The van der Waals surface area contributed by atoms with Crippen LogP contribution in [0.15, 0.2) is 35.8 Å². The van der Waals surface area contributed by atoms with E-state index in [0.29, 0.717) is 19.6 Å². The molecule has 0 unspecified atom stereocenters. The number of thiazole rings is 1. The van der Waals surface area contributed by atoms with Crippen LogP contribution in [-0.4, -0.2) is 36.0 Å². The zero-order valence-electron chi connectivity index (χ0n) is 12.4. The fourth-order valence-corrected chi connectivity index (χ4v) is 2.69. The third kappa shape index (κ3) is 4.86. The molecule has 1 heterocycles. The van der Waals surface area contributed by atoms with E-state index in [4.69, 9.17) is 4.74 Å². The molecule has 2 aromatic rings. The summed E-state index contributed by atoms with van der Waals surface area (Å²) in [6.45, 7) is 3.13. The van der Waals surface area contributed by atoms with E-state index in [-0.39, 0.29) is 5.91 Å². The van der Waals surface area contributed by atoms with E-state index < -0.39 is 0 Å². The van der Waals surface area contributed by atoms with Gasteiger partial charge in [0.15, 0.2) is 0 Å². The Hall–Kier alpha value is -1.88. The second-order valence-corrected chi connectivity index (χ2v) is 5.78. The van der Waals surface area contributed by atoms with Crippen LogP contribution in [0.25, 0.3) is 0 Å². The molecule has 112 valence electrons. The number of hydrogen-bond donors (Lipinski definition) is 0. The smallest absolute Gasteiger partial charge is 0.225 e. The number of hydrogen-bond acceptors (Lipinski definition) is 4. The molecule has 0 atom stereocenters. The first kappa shape index (κ1) is 15.5. The van der Waals surface area contributed by atoms with Crippen LogP contribution in [0.2, 0.25) is 0 Å². The van der Waals surface area contributed by atoms with Crippen molar-refractivity contribution in [3.8, 4) is 5.75 Å². The summed E-state index contributed by atoms with van der Waals surface area (Å²) in [6.07, 6.45) is 1.26. The molecule has 1 amide bonds. The highest BCUT2D eigenvalue weighted by molar-refractivity contribution is 7.09. The lowest BCUT2D eigenvalue weighted by atomic mass is 10.3. The lowest BCUT2D eigenvalue weighted by Gasteiger charge is -2.17. The van der Waals surface area contributed by atoms with Gasteiger partial charge in [0.25, 0.3) is 0 Å². The molecule has 0 bridgehead atoms. The number of carbonyl (C=O) groups excluding carboxylic acids is 1. The van der Waals surface area contributed by atoms with E-state index in [1.165, 1.54) is 4.88 Å². The molecule has 4 nitrogen and oxygen atoms in total. The second-order valence-electron chi connectivity index (χ2n) is 4.84. The molecular weight excluding hydrogens is 284 g/mol. The van der Waals surface area contributed by atoms with Gasteiger partial charge in [0.05, 0.1) is 24.2 Å². The number of likely N-dealkylation sites (N-methyl/N-ethyl adjacent to an activating group) is 1. The lowest BCUT2D eigenvalue weighted by Crippen LogP contribution is -2.29. The van der Waals surface area contributed by atoms with Gasteiger partial charge in [-0.15, -0.1) is 11.3 Å². The van der Waals surface area contributed by atoms with Crippen molar-refractivity contribution in [3.63, 3.8) is 0 Å². The third-order valence-corrected chi connectivity index (χ3v) is 4.27. The van der Waals surface area contributed by atoms with Gasteiger partial charge in [0.2, 0.25) is 5.91 Å². The number of rotatable bonds is 7. The molecule has 0 saturated carbocycles. The Kier molecular flexibility index (Phi) is 5.75. The first-order valence-corrected chi connectivity index (χ1v) is 7.85. The predicted octanol–water partition coefficient (Wildman–Crippen LogP) is 2.92. The van der Waals surface area contributed by atoms with Crippen molar-refractivity contribution in [3.05, 3.63) is 46.4 Å². The molecule has 0 saturated heterocycles. The summed E-state index contributed by atoms with van der Waals surface area (Å²) in [7, 11) is 1.83. The van der Waals surface area contributed by atoms with Gasteiger partial charge in [-0.05, 0) is 19.1 Å². The minimum absolute atomic E-state index is 0.105. The van der Waals surface area contributed by atoms with E-state index in [2.05, 4.69) is 4.98 Å². The first-order chi connectivity index (χ1) is 10.2. The molecule has 0 fully saturated rings. The maximum absolute atomic E-state index is 12.0. The van der Waals surface area contributed by atoms with Gasteiger partial charge >= 0.3 is 0 Å². The Balaban J connectivity index is 1.69. The quantitative estimate of drug-likeness (QED) is 0.790. The number of para-hydroxylation sites is 1. The number of amides is 1. The number of benzene rings is 1. The summed E-state index contributed by atoms with van der Waals surface area (Å²) in [5, 5.41) is 0. The van der Waals surface area contributed by atoms with Crippen LogP contribution >= 0.6 is 11.3 Å². The van der Waals surface area contributed by atoms with Crippen molar-refractivity contribution in [2.45, 2.75) is 19.8 Å². The van der Waals surface area contributed by atoms with Crippen LogP contribution in [0.3, 0.4) is 0 Å². The largest absolute Gasteiger partial charge is 0.493 e. The van der Waals surface area contributed by atoms with Crippen LogP contribution in [-0.2, 0) is 11.2 Å². The molecule has 0 spiro atoms. The minimum atomic E-state index is 0.105. The SMILES string of the molecule is Cc1ncsc1CCN(C)C(=O)CCOc1ccccc1. The monoisotopic (exact) mass is 304 g/mol. The van der Waals surface area contributed by atoms with Gasteiger partial charge in [-0.25, -0.2) is 4.98 Å². The lowest BCUT2D eigenvalue weighted by molar-refractivity contribution is -0.130. The van der Waals surface area contributed by atoms with E-state index in [9.17, 15) is 4.79 Å². The maximum atomic E-state index is 12.0. The maximum Gasteiger partial charge on any atom is 0.225 e. The molecule has 5 heteroatoms. The van der Waals surface area contributed by atoms with Crippen molar-refractivity contribution in [1.29, 1.82) is 0 Å². The van der Waals surface area contributed by atoms with Gasteiger partial charge in [-0.2, -0.15) is 0 Å². The Morgan fingerprint density at radius 3 is 2.76 bits per heavy atom. The summed E-state index contributed by atoms with van der Waals surface area (Å²) < 4.78 is 5.54. The number of nitrogens with zero attached hydrogens (tertiary/aromatic N) is 2. The fraction of sp³-hybridized carbons (Fsp3) is 0.375. The fourth-order valence-electron chi connectivity index (χ4n) is 1.92. The van der Waals surface area contributed by atoms with Gasteiger partial charge in [-0.3, -0.25) is 4.79 Å². The van der Waals surface area contributed by atoms with Crippen molar-refractivity contribution in [2.75, 3.05) is 20.2 Å². The molecule has 0 aliphatic carbocycles. The Bertz CT molecular complexity index is 569. The molecule has 0 N–H and O–H groups in total. The zero-order chi connectivity index (χ0) is 15.1. The number of carbonyl (C=O) groups is 1. The van der Waals surface area contributed by atoms with Crippen LogP contribution in [0.5, 0.6) is 5.75 Å². The van der Waals surface area contributed by atoms with Crippen molar-refractivity contribution in [1.82, 2.24) is 9.88 Å². The first-order valence-electron chi connectivity index (χ1n) is 6.97. The van der Waals surface area contributed by atoms with E-state index in [0.717, 1.165) is 17.9 Å². The highest BCUT2D eigenvalue weighted by Crippen LogP contribution is 2.13. The summed E-state index contributed by atoms with van der Waals surface area (Å²) in [5.74, 6) is 0.904. The summed E-state index contributed by atoms with van der Waals surface area (Å²) in [6, 6.07) is 9.55. The van der Waals surface area contributed by atoms with Crippen LogP contribution in [0.1, 0.15) is 17.0 Å². The molecular formula is C16H20N2O2S. The topological polar surface area (TPSA) is 42.4 Å². The number of aromatic nitrogens is 1. The average molecular weight is 304 g/mol. The molecule has 0 aliphatic heterocycles. The number of aryl methyl sites for hydroxylation is 1. The van der Waals surface area contributed by atoms with Gasteiger partial charge in [0, 0.05) is 24.9 Å². The summed E-state index contributed by atoms with van der Waals surface area (Å²) in [4.78, 5) is 19.2. The minimum Gasteiger partial charge on any atom is -0.493 e. The van der Waals surface area contributed by atoms with E-state index in [1.54, 1.807) is 16.2 Å². The zero-order valence-corrected chi connectivity index (χ0v) is 13.2. The highest BCUT2D eigenvalue weighted by atomic mass is 32.1. The second kappa shape index (κ2) is 7.78. The molecule has 1 aromatic carbocycles. The molecule has 2 rings (SSSR count). The van der Waals surface area contributed by atoms with Crippen molar-refractivity contribution < 1.29 is 9.53 Å². The molecule has 0 aliphatic rings. The molecule has 1 aromatic heterocycles. The third-order valence-electron chi connectivity index (χ3n) is 3.27. The summed E-state index contributed by atoms with van der Waals surface area (Å²) in [5.41, 5.74) is 2.91. The van der Waals surface area contributed by atoms with Crippen molar-refractivity contribution >= 4 is 17.2 Å². The standard InChI is InChI=1S/C16H20N2O2S/c1-13-15(21-12-17-13)8-10-18(2)16(19)9-11-20-14-6-4-3-5-7-14/h3-7,12H,8-11H2,1-2H3. The number of ether oxygens (including phenoxy) is 1. The van der Waals surface area contributed by atoms with Gasteiger partial charge in [0.1, 0.15) is 5.75 Å². The van der Waals surface area contributed by atoms with Crippen LogP contribution in [0.4, 0.5) is 0 Å². The van der Waals surface area contributed by atoms with E-state index >= 15 is 0 Å². The van der Waals surface area contributed by atoms with Crippen LogP contribution < -0.4 is 4.74 Å². The van der Waals surface area contributed by atoms with Crippen molar-refractivity contribution in [2.24, 2.45) is 0 Å². The van der Waals surface area contributed by atoms with E-state index in [1.807, 2.05) is 49.8 Å². The predicted molar refractivity (Wildman–Crippen MR) is 84.7 cm³/mol.